The minimum atomic E-state index is -1.87. The summed E-state index contributed by atoms with van der Waals surface area (Å²) in [6, 6.07) is 20.4. The van der Waals surface area contributed by atoms with E-state index in [2.05, 4.69) is 107 Å². The molecule has 4 heteroatoms. The Morgan fingerprint density at radius 1 is 1.06 bits per heavy atom. The lowest BCUT2D eigenvalue weighted by molar-refractivity contribution is 0.0681. The van der Waals surface area contributed by atoms with Gasteiger partial charge in [0.15, 0.2) is 8.32 Å². The second-order valence-corrected chi connectivity index (χ2v) is 16.4. The minimum Gasteiger partial charge on any atom is -0.415 e. The minimum absolute atomic E-state index is 0.194. The predicted octanol–water partition coefficient (Wildman–Crippen LogP) is 8.15. The average molecular weight is 475 g/mol. The van der Waals surface area contributed by atoms with Crippen LogP contribution < -0.4 is 0 Å². The Morgan fingerprint density at radius 2 is 1.79 bits per heavy atom. The number of hydrogen-bond donors (Lipinski definition) is 0. The Labute approximate surface area is 207 Å². The van der Waals surface area contributed by atoms with Gasteiger partial charge in [0.2, 0.25) is 0 Å². The fourth-order valence-corrected chi connectivity index (χ4v) is 5.94. The fraction of sp³-hybridized carbons (Fsp3) is 0.500. The van der Waals surface area contributed by atoms with E-state index in [1.54, 1.807) is 0 Å². The lowest BCUT2D eigenvalue weighted by Crippen LogP contribution is -2.46. The summed E-state index contributed by atoms with van der Waals surface area (Å²) in [5.41, 5.74) is 5.90. The van der Waals surface area contributed by atoms with Gasteiger partial charge in [-0.1, -0.05) is 75.7 Å². The van der Waals surface area contributed by atoms with E-state index in [4.69, 9.17) is 9.41 Å². The van der Waals surface area contributed by atoms with Crippen LogP contribution in [0.3, 0.4) is 0 Å². The van der Waals surface area contributed by atoms with Crippen molar-refractivity contribution in [2.75, 3.05) is 13.2 Å². The molecule has 1 aromatic heterocycles. The number of aromatic nitrogens is 1. The summed E-state index contributed by atoms with van der Waals surface area (Å²) < 4.78 is 6.87. The molecule has 2 heterocycles. The van der Waals surface area contributed by atoms with Gasteiger partial charge in [0, 0.05) is 17.0 Å². The lowest BCUT2D eigenvalue weighted by Gasteiger charge is -2.43. The van der Waals surface area contributed by atoms with Gasteiger partial charge < -0.3 is 4.43 Å². The van der Waals surface area contributed by atoms with Crippen LogP contribution in [0.1, 0.15) is 64.1 Å². The van der Waals surface area contributed by atoms with Gasteiger partial charge in [0.05, 0.1) is 23.9 Å². The maximum Gasteiger partial charge on any atom is 0.192 e. The van der Waals surface area contributed by atoms with E-state index in [1.807, 2.05) is 0 Å². The molecule has 182 valence electrons. The van der Waals surface area contributed by atoms with Gasteiger partial charge in [-0.2, -0.15) is 0 Å². The van der Waals surface area contributed by atoms with Crippen molar-refractivity contribution in [2.24, 2.45) is 0 Å². The average Bonchev–Trinajstić information content (AvgIpc) is 2.79. The van der Waals surface area contributed by atoms with Gasteiger partial charge in [0.25, 0.3) is 0 Å². The molecule has 3 nitrogen and oxygen atoms in total. The Morgan fingerprint density at radius 3 is 2.47 bits per heavy atom. The van der Waals surface area contributed by atoms with Crippen LogP contribution in [0, 0.1) is 6.92 Å². The zero-order valence-electron chi connectivity index (χ0n) is 22.2. The number of aryl methyl sites for hydroxylation is 1. The van der Waals surface area contributed by atoms with E-state index in [0.717, 1.165) is 24.4 Å². The normalized spacial score (nSPS) is 18.9. The fourth-order valence-electron chi connectivity index (χ4n) is 4.94. The van der Waals surface area contributed by atoms with Gasteiger partial charge in [-0.15, -0.1) is 0 Å². The second kappa shape index (κ2) is 9.92. The zero-order valence-corrected chi connectivity index (χ0v) is 23.2. The van der Waals surface area contributed by atoms with Crippen molar-refractivity contribution < 1.29 is 4.43 Å². The van der Waals surface area contributed by atoms with E-state index in [9.17, 15) is 0 Å². The third-order valence-corrected chi connectivity index (χ3v) is 12.6. The van der Waals surface area contributed by atoms with E-state index >= 15 is 0 Å². The number of fused-ring (bicyclic) bond motifs is 1. The number of likely N-dealkylation sites (tertiary alicyclic amines) is 1. The SMILES string of the molecule is Cc1cc2cccc([C@H](CO[Si](C)(C)C(C)(C)C)N3CCCC[C@H]3C)c2nc1-c1ccccc1. The molecule has 1 fully saturated rings. The molecule has 0 N–H and O–H groups in total. The van der Waals surface area contributed by atoms with Crippen LogP contribution in [-0.2, 0) is 4.43 Å². The van der Waals surface area contributed by atoms with Gasteiger partial charge in [-0.05, 0) is 68.6 Å². The summed E-state index contributed by atoms with van der Waals surface area (Å²) in [7, 11) is -1.87. The van der Waals surface area contributed by atoms with Crippen LogP contribution in [0.15, 0.2) is 54.6 Å². The van der Waals surface area contributed by atoms with Gasteiger partial charge >= 0.3 is 0 Å². The molecule has 0 saturated carbocycles. The second-order valence-electron chi connectivity index (χ2n) is 11.6. The van der Waals surface area contributed by atoms with Crippen LogP contribution in [-0.4, -0.2) is 37.4 Å². The van der Waals surface area contributed by atoms with Crippen molar-refractivity contribution in [1.82, 2.24) is 9.88 Å². The molecule has 1 saturated heterocycles. The van der Waals surface area contributed by atoms with Gasteiger partial charge in [-0.3, -0.25) is 4.90 Å². The number of para-hydroxylation sites is 1. The number of nitrogens with zero attached hydrogens (tertiary/aromatic N) is 2. The monoisotopic (exact) mass is 474 g/mol. The molecule has 34 heavy (non-hydrogen) atoms. The standard InChI is InChI=1S/C30H42N2OSi/c1-22-20-25-17-13-18-26(29(25)31-28(22)24-15-9-8-10-16-24)27(32-19-12-11-14-23(32)2)21-33-34(6,7)30(3,4)5/h8-10,13,15-18,20,23,27H,11-12,14,19,21H2,1-7H3/t23-,27+/m1/s1. The molecule has 0 bridgehead atoms. The highest BCUT2D eigenvalue weighted by Gasteiger charge is 2.39. The van der Waals surface area contributed by atoms with Crippen molar-refractivity contribution in [2.45, 2.75) is 84.1 Å². The number of piperidine rings is 1. The van der Waals surface area contributed by atoms with E-state index in [1.165, 1.54) is 41.3 Å². The number of benzene rings is 2. The highest BCUT2D eigenvalue weighted by molar-refractivity contribution is 6.74. The largest absolute Gasteiger partial charge is 0.415 e. The highest BCUT2D eigenvalue weighted by Crippen LogP contribution is 2.39. The Kier molecular flexibility index (Phi) is 7.32. The molecule has 2 aromatic carbocycles. The van der Waals surface area contributed by atoms with Crippen LogP contribution in [0.2, 0.25) is 18.1 Å². The first-order valence-electron chi connectivity index (χ1n) is 12.9. The molecular formula is C30H42N2OSi. The topological polar surface area (TPSA) is 25.4 Å². The van der Waals surface area contributed by atoms with Crippen LogP contribution >= 0.6 is 0 Å². The van der Waals surface area contributed by atoms with E-state index in [-0.39, 0.29) is 11.1 Å². The third kappa shape index (κ3) is 5.14. The maximum atomic E-state index is 6.87. The molecule has 0 unspecified atom stereocenters. The summed E-state index contributed by atoms with van der Waals surface area (Å²) in [6.07, 6.45) is 3.83. The molecule has 3 aromatic rings. The first-order chi connectivity index (χ1) is 16.1. The summed E-state index contributed by atoms with van der Waals surface area (Å²) >= 11 is 0. The molecular weight excluding hydrogens is 432 g/mol. The highest BCUT2D eigenvalue weighted by atomic mass is 28.4. The van der Waals surface area contributed by atoms with E-state index in [0.29, 0.717) is 6.04 Å². The van der Waals surface area contributed by atoms with Crippen LogP contribution in [0.4, 0.5) is 0 Å². The first kappa shape index (κ1) is 25.1. The van der Waals surface area contributed by atoms with Crippen molar-refractivity contribution >= 4 is 19.2 Å². The smallest absolute Gasteiger partial charge is 0.192 e. The van der Waals surface area contributed by atoms with Crippen molar-refractivity contribution in [3.8, 4) is 11.3 Å². The Hall–Kier alpha value is -2.01. The van der Waals surface area contributed by atoms with Crippen molar-refractivity contribution in [3.05, 3.63) is 65.7 Å². The zero-order chi connectivity index (χ0) is 24.5. The first-order valence-corrected chi connectivity index (χ1v) is 15.8. The molecule has 2 atom stereocenters. The molecule has 1 aliphatic heterocycles. The maximum absolute atomic E-state index is 6.87. The summed E-state index contributed by atoms with van der Waals surface area (Å²) in [6.45, 7) is 18.1. The molecule has 1 aliphatic rings. The third-order valence-electron chi connectivity index (χ3n) is 8.14. The molecule has 0 amide bonds. The van der Waals surface area contributed by atoms with E-state index < -0.39 is 8.32 Å². The predicted molar refractivity (Wildman–Crippen MR) is 148 cm³/mol. The Balaban J connectivity index is 1.81. The molecule has 0 aliphatic carbocycles. The van der Waals surface area contributed by atoms with Crippen LogP contribution in [0.25, 0.3) is 22.2 Å². The number of rotatable bonds is 6. The molecule has 0 radical (unpaired) electrons. The molecule has 4 rings (SSSR count). The van der Waals surface area contributed by atoms with Gasteiger partial charge in [0.1, 0.15) is 0 Å². The summed E-state index contributed by atoms with van der Waals surface area (Å²) in [5, 5.41) is 1.41. The van der Waals surface area contributed by atoms with Crippen molar-refractivity contribution in [1.29, 1.82) is 0 Å². The Bertz CT molecular complexity index is 1120. The van der Waals surface area contributed by atoms with Crippen molar-refractivity contribution in [3.63, 3.8) is 0 Å². The van der Waals surface area contributed by atoms with Gasteiger partial charge in [-0.25, -0.2) is 4.98 Å². The quantitative estimate of drug-likeness (QED) is 0.337. The summed E-state index contributed by atoms with van der Waals surface area (Å²) in [5.74, 6) is 0. The lowest BCUT2D eigenvalue weighted by atomic mass is 9.95. The molecule has 0 spiro atoms. The summed E-state index contributed by atoms with van der Waals surface area (Å²) in [4.78, 5) is 8.00. The number of pyridine rings is 1. The number of hydrogen-bond acceptors (Lipinski definition) is 3. The van der Waals surface area contributed by atoms with Crippen LogP contribution in [0.5, 0.6) is 0 Å².